The Hall–Kier alpha value is -2.14. The van der Waals surface area contributed by atoms with E-state index in [1.54, 1.807) is 0 Å². The molecule has 90 valence electrons. The lowest BCUT2D eigenvalue weighted by Crippen LogP contribution is -2.10. The molecule has 5 nitrogen and oxygen atoms in total. The van der Waals surface area contributed by atoms with E-state index in [4.69, 9.17) is 11.0 Å². The molecule has 0 heterocycles. The first kappa shape index (κ1) is 12.9. The normalized spacial score (nSPS) is 11.0. The molecule has 0 amide bonds. The largest absolute Gasteiger partial charge is 0.416 e. The van der Waals surface area contributed by atoms with Crippen molar-refractivity contribution in [2.75, 3.05) is 0 Å². The van der Waals surface area contributed by atoms with Crippen molar-refractivity contribution in [1.82, 2.24) is 0 Å². The van der Waals surface area contributed by atoms with E-state index >= 15 is 0 Å². The third-order valence-corrected chi connectivity index (χ3v) is 2.05. The summed E-state index contributed by atoms with van der Waals surface area (Å²) in [5, 5.41) is 19.3. The zero-order valence-electron chi connectivity index (χ0n) is 8.28. The van der Waals surface area contributed by atoms with Crippen LogP contribution < -0.4 is 5.73 Å². The SMILES string of the molecule is N#Cc1c(CN)cc(C(F)(F)F)cc1[N+](=O)[O-]. The monoisotopic (exact) mass is 245 g/mol. The fourth-order valence-electron chi connectivity index (χ4n) is 1.28. The van der Waals surface area contributed by atoms with E-state index in [1.807, 2.05) is 0 Å². The van der Waals surface area contributed by atoms with Crippen LogP contribution in [0.1, 0.15) is 16.7 Å². The lowest BCUT2D eigenvalue weighted by atomic mass is 10.0. The van der Waals surface area contributed by atoms with Crippen LogP contribution in [0.3, 0.4) is 0 Å². The molecule has 8 heteroatoms. The van der Waals surface area contributed by atoms with E-state index in [-0.39, 0.29) is 12.1 Å². The highest BCUT2D eigenvalue weighted by Gasteiger charge is 2.34. The molecule has 0 aliphatic rings. The Morgan fingerprint density at radius 1 is 1.47 bits per heavy atom. The number of nitro groups is 1. The summed E-state index contributed by atoms with van der Waals surface area (Å²) in [7, 11) is 0. The van der Waals surface area contributed by atoms with Gasteiger partial charge in [0.2, 0.25) is 0 Å². The third kappa shape index (κ3) is 2.51. The van der Waals surface area contributed by atoms with Crippen molar-refractivity contribution < 1.29 is 18.1 Å². The maximum absolute atomic E-state index is 12.4. The molecule has 0 fully saturated rings. The predicted molar refractivity (Wildman–Crippen MR) is 50.7 cm³/mol. The summed E-state index contributed by atoms with van der Waals surface area (Å²) in [6.07, 6.45) is -4.72. The summed E-state index contributed by atoms with van der Waals surface area (Å²) in [6, 6.07) is 2.46. The van der Waals surface area contributed by atoms with E-state index in [2.05, 4.69) is 0 Å². The number of nitro benzene ring substituents is 1. The number of nitrogens with two attached hydrogens (primary N) is 1. The first-order valence-electron chi connectivity index (χ1n) is 4.30. The number of benzene rings is 1. The minimum absolute atomic E-state index is 0.200. The Balaban J connectivity index is 3.59. The summed E-state index contributed by atoms with van der Waals surface area (Å²) in [5.74, 6) is 0. The van der Waals surface area contributed by atoms with Gasteiger partial charge in [0.25, 0.3) is 5.69 Å². The topological polar surface area (TPSA) is 93.0 Å². The lowest BCUT2D eigenvalue weighted by molar-refractivity contribution is -0.385. The van der Waals surface area contributed by atoms with Gasteiger partial charge >= 0.3 is 6.18 Å². The Morgan fingerprint density at radius 2 is 2.06 bits per heavy atom. The summed E-state index contributed by atoms with van der Waals surface area (Å²) in [6.45, 7) is -0.381. The molecule has 0 radical (unpaired) electrons. The molecular weight excluding hydrogens is 239 g/mol. The molecule has 17 heavy (non-hydrogen) atoms. The molecule has 0 aliphatic heterocycles. The lowest BCUT2D eigenvalue weighted by Gasteiger charge is -2.09. The minimum Gasteiger partial charge on any atom is -0.326 e. The number of halogens is 3. The van der Waals surface area contributed by atoms with Crippen molar-refractivity contribution in [3.63, 3.8) is 0 Å². The van der Waals surface area contributed by atoms with Gasteiger partial charge in [-0.05, 0) is 11.6 Å². The van der Waals surface area contributed by atoms with Crippen LogP contribution in [0.25, 0.3) is 0 Å². The highest BCUT2D eigenvalue weighted by molar-refractivity contribution is 5.56. The number of nitrogens with zero attached hydrogens (tertiary/aromatic N) is 2. The summed E-state index contributed by atoms with van der Waals surface area (Å²) in [4.78, 5) is 9.54. The minimum atomic E-state index is -4.72. The molecule has 0 aromatic heterocycles. The molecule has 0 atom stereocenters. The third-order valence-electron chi connectivity index (χ3n) is 2.05. The second-order valence-electron chi connectivity index (χ2n) is 3.10. The molecule has 0 saturated heterocycles. The van der Waals surface area contributed by atoms with Crippen molar-refractivity contribution >= 4 is 5.69 Å². The molecule has 2 N–H and O–H groups in total. The Kier molecular flexibility index (Phi) is 3.34. The first-order valence-corrected chi connectivity index (χ1v) is 4.30. The van der Waals surface area contributed by atoms with Crippen molar-refractivity contribution in [1.29, 1.82) is 5.26 Å². The zero-order valence-corrected chi connectivity index (χ0v) is 8.28. The van der Waals surface area contributed by atoms with Gasteiger partial charge < -0.3 is 5.73 Å². The van der Waals surface area contributed by atoms with Crippen LogP contribution in [0.2, 0.25) is 0 Å². The van der Waals surface area contributed by atoms with E-state index in [0.29, 0.717) is 12.1 Å². The fourth-order valence-corrected chi connectivity index (χ4v) is 1.28. The van der Waals surface area contributed by atoms with Crippen molar-refractivity contribution in [2.24, 2.45) is 5.73 Å². The summed E-state index contributed by atoms with van der Waals surface area (Å²) < 4.78 is 37.3. The maximum Gasteiger partial charge on any atom is 0.416 e. The van der Waals surface area contributed by atoms with Crippen molar-refractivity contribution in [3.05, 3.63) is 38.9 Å². The molecule has 0 saturated carbocycles. The molecule has 0 bridgehead atoms. The standard InChI is InChI=1S/C9H6F3N3O2/c10-9(11,12)6-1-5(3-13)7(4-14)8(2-6)15(16)17/h1-2H,3,13H2. The maximum atomic E-state index is 12.4. The van der Waals surface area contributed by atoms with Gasteiger partial charge in [-0.25, -0.2) is 0 Å². The summed E-state index contributed by atoms with van der Waals surface area (Å²) >= 11 is 0. The first-order chi connectivity index (χ1) is 7.81. The zero-order chi connectivity index (χ0) is 13.2. The Morgan fingerprint density at radius 3 is 2.41 bits per heavy atom. The number of hydrogen-bond acceptors (Lipinski definition) is 4. The van der Waals surface area contributed by atoms with Crippen LogP contribution in [0.15, 0.2) is 12.1 Å². The van der Waals surface area contributed by atoms with Crippen LogP contribution in [0, 0.1) is 21.4 Å². The molecule has 0 spiro atoms. The molecule has 1 aromatic carbocycles. The quantitative estimate of drug-likeness (QED) is 0.636. The van der Waals surface area contributed by atoms with Crippen LogP contribution in [-0.4, -0.2) is 4.92 Å². The highest BCUT2D eigenvalue weighted by atomic mass is 19.4. The van der Waals surface area contributed by atoms with Gasteiger partial charge in [-0.2, -0.15) is 18.4 Å². The average molecular weight is 245 g/mol. The van der Waals surface area contributed by atoms with E-state index in [0.717, 1.165) is 0 Å². The highest BCUT2D eigenvalue weighted by Crippen LogP contribution is 2.34. The van der Waals surface area contributed by atoms with Gasteiger partial charge in [0.05, 0.1) is 10.5 Å². The number of nitriles is 1. The second-order valence-corrected chi connectivity index (χ2v) is 3.10. The molecule has 0 unspecified atom stereocenters. The molecule has 1 aromatic rings. The van der Waals surface area contributed by atoms with Crippen molar-refractivity contribution in [2.45, 2.75) is 12.7 Å². The van der Waals surface area contributed by atoms with E-state index < -0.39 is 27.9 Å². The van der Waals surface area contributed by atoms with Crippen LogP contribution in [0.4, 0.5) is 18.9 Å². The van der Waals surface area contributed by atoms with Gasteiger partial charge in [-0.1, -0.05) is 0 Å². The van der Waals surface area contributed by atoms with Crippen LogP contribution >= 0.6 is 0 Å². The molecular formula is C9H6F3N3O2. The number of hydrogen-bond donors (Lipinski definition) is 1. The predicted octanol–water partition coefficient (Wildman–Crippen LogP) is 1.94. The van der Waals surface area contributed by atoms with Gasteiger partial charge in [0, 0.05) is 12.6 Å². The van der Waals surface area contributed by atoms with Crippen molar-refractivity contribution in [3.8, 4) is 6.07 Å². The van der Waals surface area contributed by atoms with Crippen LogP contribution in [0.5, 0.6) is 0 Å². The Bertz CT molecular complexity index is 505. The van der Waals surface area contributed by atoms with Gasteiger partial charge in [0.15, 0.2) is 0 Å². The number of rotatable bonds is 2. The summed E-state index contributed by atoms with van der Waals surface area (Å²) in [5.41, 5.74) is 2.45. The van der Waals surface area contributed by atoms with E-state index in [9.17, 15) is 23.3 Å². The average Bonchev–Trinajstić information content (AvgIpc) is 2.25. The molecule has 0 aliphatic carbocycles. The smallest absolute Gasteiger partial charge is 0.326 e. The fraction of sp³-hybridized carbons (Fsp3) is 0.222. The second kappa shape index (κ2) is 4.39. The van der Waals surface area contributed by atoms with Gasteiger partial charge in [0.1, 0.15) is 11.6 Å². The van der Waals surface area contributed by atoms with Gasteiger partial charge in [-0.3, -0.25) is 10.1 Å². The van der Waals surface area contributed by atoms with E-state index in [1.165, 1.54) is 6.07 Å². The van der Waals surface area contributed by atoms with Gasteiger partial charge in [-0.15, -0.1) is 0 Å². The molecule has 1 rings (SSSR count). The van der Waals surface area contributed by atoms with Crippen LogP contribution in [-0.2, 0) is 12.7 Å². The number of alkyl halides is 3. The Labute approximate surface area is 93.4 Å².